The fourth-order valence-electron chi connectivity index (χ4n) is 2.05. The normalized spacial score (nSPS) is 10.8. The summed E-state index contributed by atoms with van der Waals surface area (Å²) in [5.41, 5.74) is 1.11. The summed E-state index contributed by atoms with van der Waals surface area (Å²) in [6.07, 6.45) is 2.68. The van der Waals surface area contributed by atoms with Gasteiger partial charge in [0.05, 0.1) is 12.0 Å². The van der Waals surface area contributed by atoms with E-state index in [9.17, 15) is 4.79 Å². The number of Topliss-reactive ketones (excluding diaryl/α,β-unsaturated/α-hetero) is 1. The first-order chi connectivity index (χ1) is 8.67. The Morgan fingerprint density at radius 2 is 2.17 bits per heavy atom. The molecule has 0 unspecified atom stereocenters. The van der Waals surface area contributed by atoms with Gasteiger partial charge < -0.3 is 4.74 Å². The minimum Gasteiger partial charge on any atom is -0.497 e. The lowest BCUT2D eigenvalue weighted by molar-refractivity contribution is 0.0983. The Kier molecular flexibility index (Phi) is 4.02. The highest BCUT2D eigenvalue weighted by Crippen LogP contribution is 2.34. The summed E-state index contributed by atoms with van der Waals surface area (Å²) >= 11 is 1.58. The van der Waals surface area contributed by atoms with Gasteiger partial charge in [0.25, 0.3) is 0 Å². The molecule has 0 saturated heterocycles. The van der Waals surface area contributed by atoms with Crippen molar-refractivity contribution < 1.29 is 9.53 Å². The third-order valence-electron chi connectivity index (χ3n) is 3.16. The minimum atomic E-state index is 0.273. The summed E-state index contributed by atoms with van der Waals surface area (Å²) in [6.45, 7) is 4.14. The number of benzene rings is 1. The Balaban J connectivity index is 2.40. The Morgan fingerprint density at radius 3 is 2.83 bits per heavy atom. The van der Waals surface area contributed by atoms with Crippen LogP contribution in [0.3, 0.4) is 0 Å². The van der Waals surface area contributed by atoms with Crippen LogP contribution in [-0.2, 0) is 0 Å². The molecule has 0 N–H and O–H groups in total. The van der Waals surface area contributed by atoms with Crippen LogP contribution in [0.4, 0.5) is 0 Å². The third-order valence-corrected chi connectivity index (χ3v) is 4.45. The Hall–Kier alpha value is -1.35. The first-order valence-electron chi connectivity index (χ1n) is 6.27. The number of rotatable bonds is 5. The number of thiophene rings is 1. The van der Waals surface area contributed by atoms with Gasteiger partial charge in [-0.15, -0.1) is 11.3 Å². The van der Waals surface area contributed by atoms with Gasteiger partial charge in [0.2, 0.25) is 0 Å². The molecule has 1 aromatic carbocycles. The predicted octanol–water partition coefficient (Wildman–Crippen LogP) is 4.59. The lowest BCUT2D eigenvalue weighted by Gasteiger charge is -1.99. The van der Waals surface area contributed by atoms with Gasteiger partial charge in [0.1, 0.15) is 5.75 Å². The number of unbranched alkanes of at least 4 members (excludes halogenated alkanes) is 1. The molecule has 0 aliphatic carbocycles. The van der Waals surface area contributed by atoms with Crippen molar-refractivity contribution in [1.29, 1.82) is 0 Å². The Bertz CT molecular complexity index is 569. The zero-order valence-electron chi connectivity index (χ0n) is 11.1. The van der Waals surface area contributed by atoms with Gasteiger partial charge in [-0.25, -0.2) is 0 Å². The Morgan fingerprint density at radius 1 is 1.39 bits per heavy atom. The molecule has 0 amide bonds. The van der Waals surface area contributed by atoms with Gasteiger partial charge in [-0.3, -0.25) is 4.79 Å². The molecule has 2 rings (SSSR count). The molecule has 0 bridgehead atoms. The molecule has 18 heavy (non-hydrogen) atoms. The quantitative estimate of drug-likeness (QED) is 0.737. The Labute approximate surface area is 112 Å². The summed E-state index contributed by atoms with van der Waals surface area (Å²) in [5, 5.41) is 1.17. The van der Waals surface area contributed by atoms with Crippen molar-refractivity contribution in [2.45, 2.75) is 33.1 Å². The molecular formula is C15H18O2S. The molecule has 1 heterocycles. The van der Waals surface area contributed by atoms with Gasteiger partial charge in [0.15, 0.2) is 5.78 Å². The topological polar surface area (TPSA) is 26.3 Å². The summed E-state index contributed by atoms with van der Waals surface area (Å²) in [4.78, 5) is 13.0. The maximum absolute atomic E-state index is 12.1. The minimum absolute atomic E-state index is 0.273. The molecule has 2 aromatic rings. The summed E-state index contributed by atoms with van der Waals surface area (Å²) in [6, 6.07) is 5.99. The van der Waals surface area contributed by atoms with Gasteiger partial charge in [0, 0.05) is 11.1 Å². The predicted molar refractivity (Wildman–Crippen MR) is 77.0 cm³/mol. The van der Waals surface area contributed by atoms with Crippen molar-refractivity contribution >= 4 is 27.2 Å². The van der Waals surface area contributed by atoms with Crippen molar-refractivity contribution in [3.8, 4) is 5.75 Å². The van der Waals surface area contributed by atoms with Crippen molar-refractivity contribution in [3.05, 3.63) is 28.6 Å². The first kappa shape index (κ1) is 13.1. The number of methoxy groups -OCH3 is 1. The van der Waals surface area contributed by atoms with E-state index < -0.39 is 0 Å². The van der Waals surface area contributed by atoms with Gasteiger partial charge in [-0.1, -0.05) is 13.3 Å². The molecule has 96 valence electrons. The molecule has 3 heteroatoms. The van der Waals surface area contributed by atoms with Crippen LogP contribution in [0.5, 0.6) is 5.75 Å². The fraction of sp³-hybridized carbons (Fsp3) is 0.400. The number of fused-ring (bicyclic) bond motifs is 1. The van der Waals surface area contributed by atoms with E-state index in [1.807, 2.05) is 25.1 Å². The first-order valence-corrected chi connectivity index (χ1v) is 7.09. The SMILES string of the molecule is CCCCC(=O)c1sc2cc(OC)ccc2c1C. The van der Waals surface area contributed by atoms with E-state index in [0.29, 0.717) is 6.42 Å². The molecule has 0 aliphatic rings. The van der Waals surface area contributed by atoms with Crippen molar-refractivity contribution in [2.24, 2.45) is 0 Å². The van der Waals surface area contributed by atoms with Crippen LogP contribution in [0, 0.1) is 6.92 Å². The number of ether oxygens (including phenoxy) is 1. The maximum Gasteiger partial charge on any atom is 0.173 e. The molecule has 1 aromatic heterocycles. The van der Waals surface area contributed by atoms with E-state index >= 15 is 0 Å². The van der Waals surface area contributed by atoms with Crippen LogP contribution in [0.2, 0.25) is 0 Å². The zero-order valence-corrected chi connectivity index (χ0v) is 11.9. The second-order valence-corrected chi connectivity index (χ2v) is 5.50. The summed E-state index contributed by atoms with van der Waals surface area (Å²) < 4.78 is 6.35. The lowest BCUT2D eigenvalue weighted by atomic mass is 10.1. The highest BCUT2D eigenvalue weighted by molar-refractivity contribution is 7.21. The average molecular weight is 262 g/mol. The molecule has 0 spiro atoms. The summed E-state index contributed by atoms with van der Waals surface area (Å²) in [5.74, 6) is 1.12. The van der Waals surface area contributed by atoms with Crippen LogP contribution in [0.1, 0.15) is 41.4 Å². The number of hydrogen-bond donors (Lipinski definition) is 0. The lowest BCUT2D eigenvalue weighted by Crippen LogP contribution is -1.97. The van der Waals surface area contributed by atoms with E-state index in [-0.39, 0.29) is 5.78 Å². The van der Waals surface area contributed by atoms with Crippen LogP contribution in [0.25, 0.3) is 10.1 Å². The molecule has 0 saturated carbocycles. The second kappa shape index (κ2) is 5.53. The number of hydrogen-bond acceptors (Lipinski definition) is 3. The number of aryl methyl sites for hydroxylation is 1. The number of carbonyl (C=O) groups excluding carboxylic acids is 1. The summed E-state index contributed by atoms with van der Waals surface area (Å²) in [7, 11) is 1.66. The van der Waals surface area contributed by atoms with E-state index in [2.05, 4.69) is 6.92 Å². The maximum atomic E-state index is 12.1. The van der Waals surface area contributed by atoms with Gasteiger partial charge in [-0.2, -0.15) is 0 Å². The van der Waals surface area contributed by atoms with E-state index in [0.717, 1.165) is 33.7 Å². The second-order valence-electron chi connectivity index (χ2n) is 4.45. The van der Waals surface area contributed by atoms with Crippen molar-refractivity contribution in [3.63, 3.8) is 0 Å². The zero-order chi connectivity index (χ0) is 13.1. The third kappa shape index (κ3) is 2.41. The molecule has 0 atom stereocenters. The fourth-order valence-corrected chi connectivity index (χ4v) is 3.25. The van der Waals surface area contributed by atoms with Crippen LogP contribution < -0.4 is 4.74 Å². The van der Waals surface area contributed by atoms with E-state index in [1.165, 1.54) is 5.39 Å². The number of carbonyl (C=O) groups is 1. The van der Waals surface area contributed by atoms with Gasteiger partial charge in [-0.05, 0) is 42.5 Å². The average Bonchev–Trinajstić information content (AvgIpc) is 2.72. The molecule has 2 nitrogen and oxygen atoms in total. The van der Waals surface area contributed by atoms with E-state index in [1.54, 1.807) is 18.4 Å². The molecule has 0 aliphatic heterocycles. The number of ketones is 1. The highest BCUT2D eigenvalue weighted by atomic mass is 32.1. The monoisotopic (exact) mass is 262 g/mol. The van der Waals surface area contributed by atoms with Crippen LogP contribution in [0.15, 0.2) is 18.2 Å². The van der Waals surface area contributed by atoms with Gasteiger partial charge >= 0.3 is 0 Å². The van der Waals surface area contributed by atoms with Crippen molar-refractivity contribution in [2.75, 3.05) is 7.11 Å². The van der Waals surface area contributed by atoms with Crippen LogP contribution >= 0.6 is 11.3 Å². The molecule has 0 radical (unpaired) electrons. The molecule has 0 fully saturated rings. The smallest absolute Gasteiger partial charge is 0.173 e. The van der Waals surface area contributed by atoms with E-state index in [4.69, 9.17) is 4.74 Å². The van der Waals surface area contributed by atoms with Crippen molar-refractivity contribution in [1.82, 2.24) is 0 Å². The highest BCUT2D eigenvalue weighted by Gasteiger charge is 2.15. The largest absolute Gasteiger partial charge is 0.497 e. The molecular weight excluding hydrogens is 244 g/mol. The van der Waals surface area contributed by atoms with Crippen LogP contribution in [-0.4, -0.2) is 12.9 Å². The standard InChI is InChI=1S/C15H18O2S/c1-4-5-6-13(16)15-10(2)12-8-7-11(17-3)9-14(12)18-15/h7-9H,4-6H2,1-3H3.